The first-order valence-corrected chi connectivity index (χ1v) is 3.91. The van der Waals surface area contributed by atoms with Gasteiger partial charge in [-0.2, -0.15) is 10.5 Å². The SMILES string of the molecule is COC(=O)/C(C#N)=C/c1ccc(C#N)o1. The Morgan fingerprint density at radius 3 is 2.73 bits per heavy atom. The van der Waals surface area contributed by atoms with Crippen LogP contribution >= 0.6 is 0 Å². The van der Waals surface area contributed by atoms with Crippen LogP contribution in [0, 0.1) is 22.7 Å². The van der Waals surface area contributed by atoms with Gasteiger partial charge >= 0.3 is 5.97 Å². The van der Waals surface area contributed by atoms with Crippen LogP contribution in [0.25, 0.3) is 6.08 Å². The van der Waals surface area contributed by atoms with E-state index in [0.29, 0.717) is 0 Å². The highest BCUT2D eigenvalue weighted by atomic mass is 16.5. The van der Waals surface area contributed by atoms with Crippen LogP contribution in [-0.4, -0.2) is 13.1 Å². The molecule has 0 radical (unpaired) electrons. The molecule has 0 saturated carbocycles. The molecule has 74 valence electrons. The molecule has 0 bridgehead atoms. The lowest BCUT2D eigenvalue weighted by molar-refractivity contribution is -0.135. The van der Waals surface area contributed by atoms with E-state index >= 15 is 0 Å². The molecule has 1 aromatic rings. The Balaban J connectivity index is 3.00. The summed E-state index contributed by atoms with van der Waals surface area (Å²) in [7, 11) is 1.18. The Kier molecular flexibility index (Phi) is 3.26. The minimum Gasteiger partial charge on any atom is -0.465 e. The summed E-state index contributed by atoms with van der Waals surface area (Å²) in [5.74, 6) is -0.371. The number of hydrogen-bond acceptors (Lipinski definition) is 5. The third-order valence-electron chi connectivity index (χ3n) is 1.55. The van der Waals surface area contributed by atoms with Crippen LogP contribution in [0.5, 0.6) is 0 Å². The summed E-state index contributed by atoms with van der Waals surface area (Å²) in [4.78, 5) is 11.0. The minimum absolute atomic E-state index is 0.114. The van der Waals surface area contributed by atoms with Crippen molar-refractivity contribution in [3.8, 4) is 12.1 Å². The summed E-state index contributed by atoms with van der Waals surface area (Å²) in [5, 5.41) is 17.1. The van der Waals surface area contributed by atoms with E-state index in [2.05, 4.69) is 4.74 Å². The van der Waals surface area contributed by atoms with Crippen LogP contribution in [0.3, 0.4) is 0 Å². The highest BCUT2D eigenvalue weighted by Gasteiger charge is 2.09. The smallest absolute Gasteiger partial charge is 0.348 e. The van der Waals surface area contributed by atoms with E-state index in [1.165, 1.54) is 25.3 Å². The zero-order valence-corrected chi connectivity index (χ0v) is 7.85. The van der Waals surface area contributed by atoms with Crippen LogP contribution in [0.4, 0.5) is 0 Å². The predicted octanol–water partition coefficient (Wildman–Crippen LogP) is 1.23. The molecule has 0 aliphatic carbocycles. The second-order valence-electron chi connectivity index (χ2n) is 2.48. The number of furan rings is 1. The average molecular weight is 202 g/mol. The normalized spacial score (nSPS) is 10.2. The summed E-state index contributed by atoms with van der Waals surface area (Å²) in [6.07, 6.45) is 1.21. The molecule has 0 aromatic carbocycles. The topological polar surface area (TPSA) is 87.0 Å². The number of nitrogens with zero attached hydrogens (tertiary/aromatic N) is 2. The molecule has 0 N–H and O–H groups in total. The highest BCUT2D eigenvalue weighted by molar-refractivity contribution is 5.97. The van der Waals surface area contributed by atoms with Crippen molar-refractivity contribution in [1.29, 1.82) is 10.5 Å². The van der Waals surface area contributed by atoms with Gasteiger partial charge in [0.1, 0.15) is 23.5 Å². The maximum atomic E-state index is 11.0. The van der Waals surface area contributed by atoms with Gasteiger partial charge in [-0.25, -0.2) is 4.79 Å². The van der Waals surface area contributed by atoms with Gasteiger partial charge in [0.25, 0.3) is 0 Å². The largest absolute Gasteiger partial charge is 0.465 e. The zero-order chi connectivity index (χ0) is 11.3. The van der Waals surface area contributed by atoms with Crippen LogP contribution in [0.2, 0.25) is 0 Å². The first-order chi connectivity index (χ1) is 7.21. The fraction of sp³-hybridized carbons (Fsp3) is 0.100. The van der Waals surface area contributed by atoms with Crippen LogP contribution < -0.4 is 0 Å². The summed E-state index contributed by atoms with van der Waals surface area (Å²) < 4.78 is 9.34. The van der Waals surface area contributed by atoms with Gasteiger partial charge in [-0.1, -0.05) is 0 Å². The minimum atomic E-state index is -0.743. The highest BCUT2D eigenvalue weighted by Crippen LogP contribution is 2.11. The zero-order valence-electron chi connectivity index (χ0n) is 7.85. The first-order valence-electron chi connectivity index (χ1n) is 3.91. The lowest BCUT2D eigenvalue weighted by atomic mass is 10.2. The predicted molar refractivity (Wildman–Crippen MR) is 49.0 cm³/mol. The van der Waals surface area contributed by atoms with Gasteiger partial charge in [0.15, 0.2) is 0 Å². The first kappa shape index (κ1) is 10.6. The van der Waals surface area contributed by atoms with E-state index in [0.717, 1.165) is 0 Å². The van der Waals surface area contributed by atoms with Crippen molar-refractivity contribution in [3.05, 3.63) is 29.2 Å². The Bertz CT molecular complexity index is 486. The molecule has 0 spiro atoms. The van der Waals surface area contributed by atoms with Crippen molar-refractivity contribution in [2.24, 2.45) is 0 Å². The van der Waals surface area contributed by atoms with Crippen molar-refractivity contribution in [1.82, 2.24) is 0 Å². The van der Waals surface area contributed by atoms with E-state index in [4.69, 9.17) is 14.9 Å². The second-order valence-corrected chi connectivity index (χ2v) is 2.48. The van der Waals surface area contributed by atoms with E-state index in [1.54, 1.807) is 12.1 Å². The van der Waals surface area contributed by atoms with Gasteiger partial charge in [0.2, 0.25) is 5.76 Å². The van der Waals surface area contributed by atoms with Gasteiger partial charge in [-0.15, -0.1) is 0 Å². The Morgan fingerprint density at radius 2 is 2.27 bits per heavy atom. The Labute approximate surface area is 85.8 Å². The number of methoxy groups -OCH3 is 1. The molecule has 5 nitrogen and oxygen atoms in total. The number of hydrogen-bond donors (Lipinski definition) is 0. The molecule has 0 amide bonds. The quantitative estimate of drug-likeness (QED) is 0.409. The molecule has 0 saturated heterocycles. The lowest BCUT2D eigenvalue weighted by Gasteiger charge is -1.93. The second kappa shape index (κ2) is 4.64. The molecule has 0 unspecified atom stereocenters. The number of rotatable bonds is 2. The molecular formula is C10H6N2O3. The van der Waals surface area contributed by atoms with Crippen molar-refractivity contribution >= 4 is 12.0 Å². The maximum absolute atomic E-state index is 11.0. The van der Waals surface area contributed by atoms with E-state index in [9.17, 15) is 4.79 Å². The summed E-state index contributed by atoms with van der Waals surface area (Å²) in [6.45, 7) is 0. The van der Waals surface area contributed by atoms with Crippen molar-refractivity contribution in [2.45, 2.75) is 0 Å². The van der Waals surface area contributed by atoms with Crippen molar-refractivity contribution in [3.63, 3.8) is 0 Å². The van der Waals surface area contributed by atoms with Crippen molar-refractivity contribution < 1.29 is 13.9 Å². The van der Waals surface area contributed by atoms with E-state index in [1.807, 2.05) is 0 Å². The standard InChI is InChI=1S/C10H6N2O3/c1-14-10(13)7(5-11)4-8-2-3-9(6-12)15-8/h2-4H,1H3/b7-4+. The number of carbonyl (C=O) groups excluding carboxylic acids is 1. The molecule has 0 aliphatic rings. The summed E-state index contributed by atoms with van der Waals surface area (Å²) >= 11 is 0. The maximum Gasteiger partial charge on any atom is 0.348 e. The van der Waals surface area contributed by atoms with Gasteiger partial charge in [0.05, 0.1) is 7.11 Å². The Morgan fingerprint density at radius 1 is 1.53 bits per heavy atom. The Hall–Kier alpha value is -2.53. The molecule has 0 fully saturated rings. The molecule has 5 heteroatoms. The van der Waals surface area contributed by atoms with Gasteiger partial charge in [0, 0.05) is 6.08 Å². The fourth-order valence-electron chi connectivity index (χ4n) is 0.880. The third kappa shape index (κ3) is 2.45. The number of esters is 1. The molecular weight excluding hydrogens is 196 g/mol. The average Bonchev–Trinajstić information content (AvgIpc) is 2.72. The van der Waals surface area contributed by atoms with Crippen LogP contribution in [0.15, 0.2) is 22.1 Å². The van der Waals surface area contributed by atoms with E-state index < -0.39 is 5.97 Å². The van der Waals surface area contributed by atoms with Gasteiger partial charge in [-0.05, 0) is 12.1 Å². The monoisotopic (exact) mass is 202 g/mol. The number of ether oxygens (including phenoxy) is 1. The summed E-state index contributed by atoms with van der Waals surface area (Å²) in [5.41, 5.74) is -0.184. The molecule has 1 heterocycles. The molecule has 1 rings (SSSR count). The van der Waals surface area contributed by atoms with Gasteiger partial charge < -0.3 is 9.15 Å². The van der Waals surface area contributed by atoms with Crippen molar-refractivity contribution in [2.75, 3.05) is 7.11 Å². The number of nitriles is 2. The summed E-state index contributed by atoms with van der Waals surface area (Å²) in [6, 6.07) is 6.39. The molecule has 0 atom stereocenters. The number of carbonyl (C=O) groups is 1. The molecule has 1 aromatic heterocycles. The van der Waals surface area contributed by atoms with E-state index in [-0.39, 0.29) is 17.1 Å². The van der Waals surface area contributed by atoms with Gasteiger partial charge in [-0.3, -0.25) is 0 Å². The lowest BCUT2D eigenvalue weighted by Crippen LogP contribution is -2.02. The molecule has 15 heavy (non-hydrogen) atoms. The van der Waals surface area contributed by atoms with Crippen LogP contribution in [-0.2, 0) is 9.53 Å². The fourth-order valence-corrected chi connectivity index (χ4v) is 0.880. The third-order valence-corrected chi connectivity index (χ3v) is 1.55. The van der Waals surface area contributed by atoms with Crippen LogP contribution in [0.1, 0.15) is 11.5 Å². The molecule has 0 aliphatic heterocycles.